The number of hydrogen-bond donors (Lipinski definition) is 1. The van der Waals surface area contributed by atoms with Gasteiger partial charge < -0.3 is 10.5 Å². The van der Waals surface area contributed by atoms with Gasteiger partial charge in [-0.15, -0.1) is 6.58 Å². The molecule has 64 valence electrons. The molecule has 11 heavy (non-hydrogen) atoms. The van der Waals surface area contributed by atoms with Gasteiger partial charge in [0, 0.05) is 19.3 Å². The molecule has 2 atom stereocenters. The molecule has 0 aromatic heterocycles. The lowest BCUT2D eigenvalue weighted by Crippen LogP contribution is -2.22. The molecule has 0 aromatic rings. The third-order valence-corrected chi connectivity index (χ3v) is 2.13. The van der Waals surface area contributed by atoms with Gasteiger partial charge in [0.2, 0.25) is 0 Å². The highest BCUT2D eigenvalue weighted by molar-refractivity contribution is 4.78. The normalized spacial score (nSPS) is 26.8. The maximum absolute atomic E-state index is 5.84. The largest absolute Gasteiger partial charge is 0.381 e. The van der Waals surface area contributed by atoms with Crippen LogP contribution in [0.4, 0.5) is 0 Å². The Morgan fingerprint density at radius 1 is 1.73 bits per heavy atom. The van der Waals surface area contributed by atoms with E-state index in [9.17, 15) is 0 Å². The van der Waals surface area contributed by atoms with Gasteiger partial charge in [-0.2, -0.15) is 0 Å². The van der Waals surface area contributed by atoms with Crippen molar-refractivity contribution in [3.63, 3.8) is 0 Å². The fourth-order valence-electron chi connectivity index (χ4n) is 1.51. The Hall–Kier alpha value is -0.340. The van der Waals surface area contributed by atoms with Crippen molar-refractivity contribution in [1.29, 1.82) is 0 Å². The van der Waals surface area contributed by atoms with E-state index in [0.717, 1.165) is 26.1 Å². The third kappa shape index (κ3) is 3.04. The molecular weight excluding hydrogens is 138 g/mol. The zero-order chi connectivity index (χ0) is 8.10. The standard InChI is InChI=1S/C9H17NO/c1-2-3-9(10)6-8-4-5-11-7-8/h2,8-9H,1,3-7,10H2. The Bertz CT molecular complexity index is 119. The van der Waals surface area contributed by atoms with E-state index in [-0.39, 0.29) is 0 Å². The van der Waals surface area contributed by atoms with Crippen molar-refractivity contribution in [3.05, 3.63) is 12.7 Å². The summed E-state index contributed by atoms with van der Waals surface area (Å²) in [4.78, 5) is 0. The Morgan fingerprint density at radius 3 is 3.09 bits per heavy atom. The molecule has 0 aromatic carbocycles. The maximum atomic E-state index is 5.84. The van der Waals surface area contributed by atoms with Crippen LogP contribution >= 0.6 is 0 Å². The molecule has 1 aliphatic heterocycles. The highest BCUT2D eigenvalue weighted by Crippen LogP contribution is 2.18. The number of hydrogen-bond acceptors (Lipinski definition) is 2. The highest BCUT2D eigenvalue weighted by atomic mass is 16.5. The summed E-state index contributed by atoms with van der Waals surface area (Å²) in [5, 5.41) is 0. The summed E-state index contributed by atoms with van der Waals surface area (Å²) in [5.74, 6) is 0.699. The van der Waals surface area contributed by atoms with Crippen molar-refractivity contribution in [2.75, 3.05) is 13.2 Å². The first-order valence-electron chi connectivity index (χ1n) is 4.27. The van der Waals surface area contributed by atoms with E-state index in [1.165, 1.54) is 6.42 Å². The summed E-state index contributed by atoms with van der Waals surface area (Å²) in [5.41, 5.74) is 5.84. The van der Waals surface area contributed by atoms with Crippen molar-refractivity contribution in [2.24, 2.45) is 11.7 Å². The molecule has 1 heterocycles. The molecule has 0 amide bonds. The molecule has 1 fully saturated rings. The first kappa shape index (κ1) is 8.75. The van der Waals surface area contributed by atoms with Crippen LogP contribution in [0.15, 0.2) is 12.7 Å². The molecule has 0 aliphatic carbocycles. The van der Waals surface area contributed by atoms with E-state index in [2.05, 4.69) is 6.58 Å². The van der Waals surface area contributed by atoms with E-state index in [4.69, 9.17) is 10.5 Å². The van der Waals surface area contributed by atoms with Crippen LogP contribution in [0.25, 0.3) is 0 Å². The Labute approximate surface area is 68.4 Å². The monoisotopic (exact) mass is 155 g/mol. The van der Waals surface area contributed by atoms with Gasteiger partial charge in [0.05, 0.1) is 0 Å². The summed E-state index contributed by atoms with van der Waals surface area (Å²) in [6.45, 7) is 5.49. The fourth-order valence-corrected chi connectivity index (χ4v) is 1.51. The van der Waals surface area contributed by atoms with Crippen LogP contribution < -0.4 is 5.73 Å². The minimum atomic E-state index is 0.291. The smallest absolute Gasteiger partial charge is 0.0495 e. The molecule has 1 rings (SSSR count). The first-order chi connectivity index (χ1) is 5.33. The van der Waals surface area contributed by atoms with Crippen LogP contribution in [0.5, 0.6) is 0 Å². The van der Waals surface area contributed by atoms with Gasteiger partial charge in [-0.25, -0.2) is 0 Å². The fraction of sp³-hybridized carbons (Fsp3) is 0.778. The van der Waals surface area contributed by atoms with Crippen LogP contribution in [0.2, 0.25) is 0 Å². The van der Waals surface area contributed by atoms with Crippen LogP contribution in [-0.2, 0) is 4.74 Å². The summed E-state index contributed by atoms with van der Waals surface area (Å²) >= 11 is 0. The predicted molar refractivity (Wildman–Crippen MR) is 46.3 cm³/mol. The Kier molecular flexibility index (Phi) is 3.60. The van der Waals surface area contributed by atoms with Crippen molar-refractivity contribution < 1.29 is 4.74 Å². The average Bonchev–Trinajstić information content (AvgIpc) is 2.40. The topological polar surface area (TPSA) is 35.2 Å². The zero-order valence-electron chi connectivity index (χ0n) is 6.96. The van der Waals surface area contributed by atoms with E-state index in [1.807, 2.05) is 6.08 Å². The van der Waals surface area contributed by atoms with E-state index in [1.54, 1.807) is 0 Å². The third-order valence-electron chi connectivity index (χ3n) is 2.13. The predicted octanol–water partition coefficient (Wildman–Crippen LogP) is 1.32. The van der Waals surface area contributed by atoms with Crippen LogP contribution in [0.1, 0.15) is 19.3 Å². The summed E-state index contributed by atoms with van der Waals surface area (Å²) in [7, 11) is 0. The minimum Gasteiger partial charge on any atom is -0.381 e. The van der Waals surface area contributed by atoms with E-state index in [0.29, 0.717) is 12.0 Å². The molecule has 0 radical (unpaired) electrons. The Morgan fingerprint density at radius 2 is 2.55 bits per heavy atom. The van der Waals surface area contributed by atoms with E-state index < -0.39 is 0 Å². The van der Waals surface area contributed by atoms with Crippen molar-refractivity contribution in [1.82, 2.24) is 0 Å². The minimum absolute atomic E-state index is 0.291. The van der Waals surface area contributed by atoms with Gasteiger partial charge in [0.15, 0.2) is 0 Å². The zero-order valence-corrected chi connectivity index (χ0v) is 6.96. The first-order valence-corrected chi connectivity index (χ1v) is 4.27. The van der Waals surface area contributed by atoms with Crippen LogP contribution in [0.3, 0.4) is 0 Å². The maximum Gasteiger partial charge on any atom is 0.0495 e. The van der Waals surface area contributed by atoms with Gasteiger partial charge in [-0.05, 0) is 25.2 Å². The second-order valence-electron chi connectivity index (χ2n) is 3.25. The number of rotatable bonds is 4. The van der Waals surface area contributed by atoms with Gasteiger partial charge >= 0.3 is 0 Å². The highest BCUT2D eigenvalue weighted by Gasteiger charge is 2.17. The molecule has 0 bridgehead atoms. The summed E-state index contributed by atoms with van der Waals surface area (Å²) in [6.07, 6.45) is 5.09. The van der Waals surface area contributed by atoms with E-state index >= 15 is 0 Å². The molecule has 2 N–H and O–H groups in total. The van der Waals surface area contributed by atoms with Gasteiger partial charge in [0.1, 0.15) is 0 Å². The second-order valence-corrected chi connectivity index (χ2v) is 3.25. The molecular formula is C9H17NO. The lowest BCUT2D eigenvalue weighted by atomic mass is 9.98. The molecule has 2 unspecified atom stereocenters. The second kappa shape index (κ2) is 4.52. The number of ether oxygens (including phenoxy) is 1. The Balaban J connectivity index is 2.12. The average molecular weight is 155 g/mol. The molecule has 1 saturated heterocycles. The van der Waals surface area contributed by atoms with Crippen LogP contribution in [-0.4, -0.2) is 19.3 Å². The lowest BCUT2D eigenvalue weighted by Gasteiger charge is -2.12. The molecule has 1 aliphatic rings. The van der Waals surface area contributed by atoms with Gasteiger partial charge in [-0.1, -0.05) is 6.08 Å². The molecule has 0 spiro atoms. The molecule has 0 saturated carbocycles. The molecule has 2 heteroatoms. The van der Waals surface area contributed by atoms with Gasteiger partial charge in [0.25, 0.3) is 0 Å². The van der Waals surface area contributed by atoms with Crippen molar-refractivity contribution >= 4 is 0 Å². The summed E-state index contributed by atoms with van der Waals surface area (Å²) < 4.78 is 5.25. The lowest BCUT2D eigenvalue weighted by molar-refractivity contribution is 0.182. The van der Waals surface area contributed by atoms with Crippen molar-refractivity contribution in [2.45, 2.75) is 25.3 Å². The number of nitrogens with two attached hydrogens (primary N) is 1. The van der Waals surface area contributed by atoms with Crippen LogP contribution in [0, 0.1) is 5.92 Å². The SMILES string of the molecule is C=CCC(N)CC1CCOC1. The van der Waals surface area contributed by atoms with Gasteiger partial charge in [-0.3, -0.25) is 0 Å². The molecule has 2 nitrogen and oxygen atoms in total. The quantitative estimate of drug-likeness (QED) is 0.621. The summed E-state index contributed by atoms with van der Waals surface area (Å²) in [6, 6.07) is 0.291. The van der Waals surface area contributed by atoms with Crippen molar-refractivity contribution in [3.8, 4) is 0 Å².